The zero-order valence-electron chi connectivity index (χ0n) is 10.1. The summed E-state index contributed by atoms with van der Waals surface area (Å²) in [5.74, 6) is 1.22. The molecule has 16 heavy (non-hydrogen) atoms. The summed E-state index contributed by atoms with van der Waals surface area (Å²) >= 11 is 0. The summed E-state index contributed by atoms with van der Waals surface area (Å²) in [6, 6.07) is 0.485. The number of halogens is 1. The van der Waals surface area contributed by atoms with Gasteiger partial charge in [0.05, 0.1) is 0 Å². The van der Waals surface area contributed by atoms with Gasteiger partial charge in [-0.2, -0.15) is 0 Å². The predicted octanol–water partition coefficient (Wildman–Crippen LogP) is 1.15. The molecule has 3 atom stereocenters. The van der Waals surface area contributed by atoms with Crippen molar-refractivity contribution in [1.82, 2.24) is 9.80 Å². The number of carbonyl (C=O) groups excluding carboxylic acids is 1. The monoisotopic (exact) mass is 247 g/mol. The first-order valence-electron chi connectivity index (χ1n) is 5.89. The SMILES string of the molecule is CCN(C)C(=O)N1CC2CCC(N)C2C1.Cl. The van der Waals surface area contributed by atoms with Crippen molar-refractivity contribution < 1.29 is 4.79 Å². The lowest BCUT2D eigenvalue weighted by Crippen LogP contribution is -2.41. The van der Waals surface area contributed by atoms with Gasteiger partial charge in [-0.1, -0.05) is 0 Å². The summed E-state index contributed by atoms with van der Waals surface area (Å²) in [6.45, 7) is 4.56. The van der Waals surface area contributed by atoms with Crippen LogP contribution in [0.25, 0.3) is 0 Å². The van der Waals surface area contributed by atoms with E-state index in [-0.39, 0.29) is 18.4 Å². The lowest BCUT2D eigenvalue weighted by molar-refractivity contribution is 0.171. The van der Waals surface area contributed by atoms with Crippen molar-refractivity contribution in [2.45, 2.75) is 25.8 Å². The summed E-state index contributed by atoms with van der Waals surface area (Å²) in [7, 11) is 1.86. The highest BCUT2D eigenvalue weighted by Gasteiger charge is 2.42. The van der Waals surface area contributed by atoms with E-state index in [1.165, 1.54) is 6.42 Å². The minimum atomic E-state index is 0. The highest BCUT2D eigenvalue weighted by Crippen LogP contribution is 2.37. The molecule has 3 unspecified atom stereocenters. The molecule has 5 heteroatoms. The lowest BCUT2D eigenvalue weighted by atomic mass is 9.98. The highest BCUT2D eigenvalue weighted by molar-refractivity contribution is 5.85. The molecule has 2 aliphatic rings. The molecule has 0 spiro atoms. The third-order valence-electron chi connectivity index (χ3n) is 3.98. The summed E-state index contributed by atoms with van der Waals surface area (Å²) < 4.78 is 0. The van der Waals surface area contributed by atoms with Crippen LogP contribution in [0.4, 0.5) is 4.79 Å². The maximum atomic E-state index is 11.9. The molecule has 2 fully saturated rings. The van der Waals surface area contributed by atoms with E-state index in [1.54, 1.807) is 4.90 Å². The van der Waals surface area contributed by atoms with E-state index in [9.17, 15) is 4.79 Å². The van der Waals surface area contributed by atoms with Crippen LogP contribution in [-0.4, -0.2) is 48.6 Å². The number of nitrogens with zero attached hydrogens (tertiary/aromatic N) is 2. The van der Waals surface area contributed by atoms with E-state index in [4.69, 9.17) is 5.73 Å². The van der Waals surface area contributed by atoms with Gasteiger partial charge in [-0.05, 0) is 31.6 Å². The van der Waals surface area contributed by atoms with Gasteiger partial charge in [-0.25, -0.2) is 4.79 Å². The van der Waals surface area contributed by atoms with Crippen LogP contribution in [0.15, 0.2) is 0 Å². The van der Waals surface area contributed by atoms with Crippen LogP contribution in [0.1, 0.15) is 19.8 Å². The molecule has 1 heterocycles. The molecule has 4 nitrogen and oxygen atoms in total. The van der Waals surface area contributed by atoms with Crippen LogP contribution in [0, 0.1) is 11.8 Å². The quantitative estimate of drug-likeness (QED) is 0.756. The first-order chi connectivity index (χ1) is 7.13. The number of hydrogen-bond acceptors (Lipinski definition) is 2. The second kappa shape index (κ2) is 5.23. The largest absolute Gasteiger partial charge is 0.328 e. The lowest BCUT2D eigenvalue weighted by Gasteiger charge is -2.24. The van der Waals surface area contributed by atoms with Gasteiger partial charge in [0, 0.05) is 32.7 Å². The van der Waals surface area contributed by atoms with Crippen LogP contribution in [0.5, 0.6) is 0 Å². The van der Waals surface area contributed by atoms with Crippen molar-refractivity contribution >= 4 is 18.4 Å². The Hall–Kier alpha value is -0.480. The van der Waals surface area contributed by atoms with Crippen LogP contribution < -0.4 is 5.73 Å². The molecule has 1 saturated carbocycles. The number of amides is 2. The molecule has 0 aromatic heterocycles. The van der Waals surface area contributed by atoms with Gasteiger partial charge in [-0.15, -0.1) is 12.4 Å². The van der Waals surface area contributed by atoms with Crippen molar-refractivity contribution in [1.29, 1.82) is 0 Å². The molecule has 1 saturated heterocycles. The smallest absolute Gasteiger partial charge is 0.319 e. The summed E-state index contributed by atoms with van der Waals surface area (Å²) in [5, 5.41) is 0. The predicted molar refractivity (Wildman–Crippen MR) is 66.7 cm³/mol. The number of nitrogens with two attached hydrogens (primary N) is 1. The first-order valence-corrected chi connectivity index (χ1v) is 5.89. The van der Waals surface area contributed by atoms with Gasteiger partial charge in [0.1, 0.15) is 0 Å². The Morgan fingerprint density at radius 2 is 2.12 bits per heavy atom. The van der Waals surface area contributed by atoms with Crippen molar-refractivity contribution in [3.63, 3.8) is 0 Å². The molecule has 94 valence electrons. The Morgan fingerprint density at radius 1 is 1.44 bits per heavy atom. The van der Waals surface area contributed by atoms with E-state index < -0.39 is 0 Å². The first kappa shape index (κ1) is 13.6. The molecule has 0 bridgehead atoms. The Morgan fingerprint density at radius 3 is 2.69 bits per heavy atom. The molecule has 0 aromatic carbocycles. The summed E-state index contributed by atoms with van der Waals surface area (Å²) in [6.07, 6.45) is 2.34. The Balaban J connectivity index is 0.00000128. The number of likely N-dealkylation sites (tertiary alicyclic amines) is 1. The van der Waals surface area contributed by atoms with Crippen LogP contribution in [-0.2, 0) is 0 Å². The molecular weight excluding hydrogens is 226 g/mol. The van der Waals surface area contributed by atoms with Crippen LogP contribution >= 0.6 is 12.4 Å². The maximum absolute atomic E-state index is 11.9. The standard InChI is InChI=1S/C11H21N3O.ClH/c1-3-13(2)11(15)14-6-8-4-5-10(12)9(8)7-14;/h8-10H,3-7,12H2,1-2H3;1H. The van der Waals surface area contributed by atoms with Gasteiger partial charge >= 0.3 is 6.03 Å². The van der Waals surface area contributed by atoms with E-state index in [2.05, 4.69) is 0 Å². The van der Waals surface area contributed by atoms with Gasteiger partial charge in [0.2, 0.25) is 0 Å². The molecule has 1 aliphatic heterocycles. The Kier molecular flexibility index (Phi) is 4.44. The van der Waals surface area contributed by atoms with E-state index >= 15 is 0 Å². The fraction of sp³-hybridized carbons (Fsp3) is 0.909. The van der Waals surface area contributed by atoms with Crippen molar-refractivity contribution in [3.8, 4) is 0 Å². The highest BCUT2D eigenvalue weighted by atomic mass is 35.5. The number of hydrogen-bond donors (Lipinski definition) is 1. The van der Waals surface area contributed by atoms with Gasteiger partial charge in [-0.3, -0.25) is 0 Å². The van der Waals surface area contributed by atoms with Gasteiger partial charge in [0.15, 0.2) is 0 Å². The van der Waals surface area contributed by atoms with E-state index in [0.717, 1.165) is 26.1 Å². The third-order valence-corrected chi connectivity index (χ3v) is 3.98. The van der Waals surface area contributed by atoms with Crippen LogP contribution in [0.3, 0.4) is 0 Å². The number of rotatable bonds is 1. The average molecular weight is 248 g/mol. The summed E-state index contributed by atoms with van der Waals surface area (Å²) in [5.41, 5.74) is 6.04. The van der Waals surface area contributed by atoms with Crippen molar-refractivity contribution in [2.24, 2.45) is 17.6 Å². The fourth-order valence-corrected chi connectivity index (χ4v) is 2.84. The topological polar surface area (TPSA) is 49.6 Å². The molecule has 1 aliphatic carbocycles. The van der Waals surface area contributed by atoms with Crippen molar-refractivity contribution in [2.75, 3.05) is 26.7 Å². The zero-order chi connectivity index (χ0) is 11.0. The van der Waals surface area contributed by atoms with Gasteiger partial charge < -0.3 is 15.5 Å². The molecule has 0 aromatic rings. The normalized spacial score (nSPS) is 32.2. The molecular formula is C11H22ClN3O. The number of urea groups is 1. The maximum Gasteiger partial charge on any atom is 0.319 e. The van der Waals surface area contributed by atoms with E-state index in [1.807, 2.05) is 18.9 Å². The van der Waals surface area contributed by atoms with E-state index in [0.29, 0.717) is 17.9 Å². The number of carbonyl (C=O) groups is 1. The second-order valence-corrected chi connectivity index (χ2v) is 4.87. The van der Waals surface area contributed by atoms with Crippen LogP contribution in [0.2, 0.25) is 0 Å². The molecule has 0 radical (unpaired) electrons. The fourth-order valence-electron chi connectivity index (χ4n) is 2.84. The average Bonchev–Trinajstić information content (AvgIpc) is 2.79. The Labute approximate surface area is 104 Å². The van der Waals surface area contributed by atoms with Crippen molar-refractivity contribution in [3.05, 3.63) is 0 Å². The summed E-state index contributed by atoms with van der Waals surface area (Å²) in [4.78, 5) is 15.7. The minimum Gasteiger partial charge on any atom is -0.328 e. The zero-order valence-corrected chi connectivity index (χ0v) is 10.9. The minimum absolute atomic E-state index is 0. The number of fused-ring (bicyclic) bond motifs is 1. The Bertz CT molecular complexity index is 262. The molecule has 2 N–H and O–H groups in total. The molecule has 2 rings (SSSR count). The molecule has 2 amide bonds. The van der Waals surface area contributed by atoms with Gasteiger partial charge in [0.25, 0.3) is 0 Å². The third kappa shape index (κ3) is 2.28. The second-order valence-electron chi connectivity index (χ2n) is 4.87.